The third-order valence-corrected chi connectivity index (χ3v) is 6.41. The number of halogens is 1. The van der Waals surface area contributed by atoms with E-state index in [0.717, 1.165) is 21.2 Å². The molecule has 1 saturated heterocycles. The number of aliphatic hydroxyl groups is 1. The lowest BCUT2D eigenvalue weighted by Crippen LogP contribution is -2.30. The van der Waals surface area contributed by atoms with E-state index in [2.05, 4.69) is 15.9 Å². The number of carbonyl (C=O) groups excluding carboxylic acids is 2. The first-order valence-electron chi connectivity index (χ1n) is 9.90. The zero-order valence-electron chi connectivity index (χ0n) is 17.7. The molecular weight excluding hydrogens is 458 g/mol. The second-order valence-corrected chi connectivity index (χ2v) is 8.73. The number of ketones is 1. The average Bonchev–Trinajstić information content (AvgIpc) is 3.25. The summed E-state index contributed by atoms with van der Waals surface area (Å²) in [5.74, 6) is -0.577. The van der Waals surface area contributed by atoms with Gasteiger partial charge in [0.2, 0.25) is 0 Å². The summed E-state index contributed by atoms with van der Waals surface area (Å²) >= 11 is 3.45. The Bertz CT molecular complexity index is 1250. The van der Waals surface area contributed by atoms with E-state index in [0.29, 0.717) is 22.8 Å². The molecule has 2 heterocycles. The van der Waals surface area contributed by atoms with Crippen molar-refractivity contribution in [3.8, 4) is 0 Å². The van der Waals surface area contributed by atoms with Crippen LogP contribution in [0.15, 0.2) is 63.0 Å². The molecule has 31 heavy (non-hydrogen) atoms. The molecule has 6 heteroatoms. The maximum Gasteiger partial charge on any atom is 0.300 e. The number of nitrogens with zero attached hydrogens (tertiary/aromatic N) is 1. The van der Waals surface area contributed by atoms with E-state index in [1.54, 1.807) is 37.3 Å². The van der Waals surface area contributed by atoms with Crippen molar-refractivity contribution in [1.82, 2.24) is 0 Å². The van der Waals surface area contributed by atoms with Crippen molar-refractivity contribution in [3.63, 3.8) is 0 Å². The van der Waals surface area contributed by atoms with Gasteiger partial charge in [0.1, 0.15) is 23.3 Å². The van der Waals surface area contributed by atoms with Crippen LogP contribution < -0.4 is 4.90 Å². The zero-order chi connectivity index (χ0) is 22.4. The fourth-order valence-electron chi connectivity index (χ4n) is 3.97. The molecule has 1 aliphatic heterocycles. The van der Waals surface area contributed by atoms with E-state index < -0.39 is 17.7 Å². The fourth-order valence-corrected chi connectivity index (χ4v) is 4.22. The largest absolute Gasteiger partial charge is 0.507 e. The number of hydrogen-bond donors (Lipinski definition) is 1. The van der Waals surface area contributed by atoms with Crippen LogP contribution in [0.3, 0.4) is 0 Å². The van der Waals surface area contributed by atoms with Crippen LogP contribution in [0.4, 0.5) is 5.69 Å². The van der Waals surface area contributed by atoms with E-state index in [4.69, 9.17) is 4.42 Å². The second kappa shape index (κ2) is 7.85. The molecular formula is C25H22BrNO4. The van der Waals surface area contributed by atoms with Gasteiger partial charge in [-0.3, -0.25) is 14.5 Å². The van der Waals surface area contributed by atoms with Crippen molar-refractivity contribution in [2.24, 2.45) is 0 Å². The van der Waals surface area contributed by atoms with Crippen molar-refractivity contribution in [2.45, 2.75) is 33.7 Å². The summed E-state index contributed by atoms with van der Waals surface area (Å²) in [5, 5.41) is 11.2. The SMILES string of the molecule is Cc1ccc(N2C(=O)C(=O)/C(=C(\O)c3ccc(Br)c(C)c3)C2c2ccc(C)o2)c(C)c1. The number of rotatable bonds is 3. The molecule has 0 aliphatic carbocycles. The fraction of sp³-hybridized carbons (Fsp3) is 0.200. The summed E-state index contributed by atoms with van der Waals surface area (Å²) in [7, 11) is 0. The van der Waals surface area contributed by atoms with Gasteiger partial charge in [-0.15, -0.1) is 0 Å². The van der Waals surface area contributed by atoms with Gasteiger partial charge in [-0.05, 0) is 69.2 Å². The van der Waals surface area contributed by atoms with Crippen LogP contribution in [-0.4, -0.2) is 16.8 Å². The van der Waals surface area contributed by atoms with Crippen molar-refractivity contribution < 1.29 is 19.1 Å². The Morgan fingerprint density at radius 3 is 2.32 bits per heavy atom. The molecule has 4 rings (SSSR count). The van der Waals surface area contributed by atoms with Crippen molar-refractivity contribution in [1.29, 1.82) is 0 Å². The Hall–Kier alpha value is -3.12. The Labute approximate surface area is 189 Å². The smallest absolute Gasteiger partial charge is 0.300 e. The average molecular weight is 480 g/mol. The molecule has 1 N–H and O–H groups in total. The van der Waals surface area contributed by atoms with E-state index in [-0.39, 0.29) is 11.3 Å². The Morgan fingerprint density at radius 2 is 1.71 bits per heavy atom. The van der Waals surface area contributed by atoms with Gasteiger partial charge in [0.25, 0.3) is 11.7 Å². The zero-order valence-corrected chi connectivity index (χ0v) is 19.3. The minimum atomic E-state index is -0.862. The lowest BCUT2D eigenvalue weighted by atomic mass is 9.98. The van der Waals surface area contributed by atoms with Crippen LogP contribution in [0.1, 0.15) is 39.8 Å². The van der Waals surface area contributed by atoms with Gasteiger partial charge in [-0.1, -0.05) is 39.7 Å². The van der Waals surface area contributed by atoms with Crippen LogP contribution in [-0.2, 0) is 9.59 Å². The van der Waals surface area contributed by atoms with E-state index in [9.17, 15) is 14.7 Å². The first-order valence-corrected chi connectivity index (χ1v) is 10.7. The molecule has 158 valence electrons. The number of aryl methyl sites for hydroxylation is 4. The normalized spacial score (nSPS) is 18.1. The molecule has 5 nitrogen and oxygen atoms in total. The minimum absolute atomic E-state index is 0.0149. The molecule has 1 fully saturated rings. The van der Waals surface area contributed by atoms with Crippen LogP contribution >= 0.6 is 15.9 Å². The molecule has 1 amide bonds. The number of amides is 1. The summed E-state index contributed by atoms with van der Waals surface area (Å²) < 4.78 is 6.73. The molecule has 1 unspecified atom stereocenters. The monoisotopic (exact) mass is 479 g/mol. The number of Topliss-reactive ketones (excluding diaryl/α,β-unsaturated/α-hetero) is 1. The Balaban J connectivity index is 1.96. The second-order valence-electron chi connectivity index (χ2n) is 7.87. The molecule has 1 aliphatic rings. The highest BCUT2D eigenvalue weighted by molar-refractivity contribution is 9.10. The summed E-state index contributed by atoms with van der Waals surface area (Å²) in [6, 6.07) is 13.6. The van der Waals surface area contributed by atoms with E-state index in [1.807, 2.05) is 39.0 Å². The van der Waals surface area contributed by atoms with Gasteiger partial charge >= 0.3 is 0 Å². The maximum absolute atomic E-state index is 13.2. The quantitative estimate of drug-likeness (QED) is 0.288. The third kappa shape index (κ3) is 3.61. The van der Waals surface area contributed by atoms with Crippen LogP contribution in [0.5, 0.6) is 0 Å². The molecule has 0 bridgehead atoms. The lowest BCUT2D eigenvalue weighted by molar-refractivity contribution is -0.132. The van der Waals surface area contributed by atoms with Crippen LogP contribution in [0, 0.1) is 27.7 Å². The number of hydrogen-bond acceptors (Lipinski definition) is 4. The first-order chi connectivity index (χ1) is 14.7. The minimum Gasteiger partial charge on any atom is -0.507 e. The van der Waals surface area contributed by atoms with Gasteiger partial charge in [-0.25, -0.2) is 0 Å². The van der Waals surface area contributed by atoms with Gasteiger partial charge in [0.15, 0.2) is 0 Å². The first kappa shape index (κ1) is 21.1. The molecule has 0 saturated carbocycles. The number of carbonyl (C=O) groups is 2. The number of furan rings is 1. The van der Waals surface area contributed by atoms with Gasteiger partial charge in [0, 0.05) is 15.7 Å². The Kier molecular flexibility index (Phi) is 5.35. The number of anilines is 1. The molecule has 0 spiro atoms. The summed E-state index contributed by atoms with van der Waals surface area (Å²) in [6.07, 6.45) is 0. The maximum atomic E-state index is 13.2. The molecule has 1 aromatic heterocycles. The molecule has 3 aromatic rings. The van der Waals surface area contributed by atoms with Gasteiger partial charge < -0.3 is 9.52 Å². The summed E-state index contributed by atoms with van der Waals surface area (Å²) in [6.45, 7) is 7.55. The van der Waals surface area contributed by atoms with E-state index >= 15 is 0 Å². The van der Waals surface area contributed by atoms with Crippen molar-refractivity contribution in [2.75, 3.05) is 4.90 Å². The molecule has 1 atom stereocenters. The third-order valence-electron chi connectivity index (χ3n) is 5.52. The molecule has 2 aromatic carbocycles. The predicted octanol–water partition coefficient (Wildman–Crippen LogP) is 5.90. The number of aliphatic hydroxyl groups excluding tert-OH is 1. The van der Waals surface area contributed by atoms with Crippen molar-refractivity contribution in [3.05, 3.63) is 92.4 Å². The standard InChI is InChI=1S/C25H22BrNO4/c1-13-5-9-19(15(3)11-13)27-22(20-10-6-16(4)31-20)21(24(29)25(27)30)23(28)17-7-8-18(26)14(2)12-17/h5-12,22,28H,1-4H3/b23-21-. The van der Waals surface area contributed by atoms with Gasteiger partial charge in [0.05, 0.1) is 5.57 Å². The highest BCUT2D eigenvalue weighted by Gasteiger charge is 2.48. The van der Waals surface area contributed by atoms with Crippen molar-refractivity contribution >= 4 is 39.1 Å². The van der Waals surface area contributed by atoms with Gasteiger partial charge in [-0.2, -0.15) is 0 Å². The Morgan fingerprint density at radius 1 is 0.968 bits per heavy atom. The van der Waals surface area contributed by atoms with Crippen LogP contribution in [0.2, 0.25) is 0 Å². The number of benzene rings is 2. The molecule has 0 radical (unpaired) electrons. The highest BCUT2D eigenvalue weighted by Crippen LogP contribution is 2.43. The topological polar surface area (TPSA) is 70.8 Å². The summed E-state index contributed by atoms with van der Waals surface area (Å²) in [5.41, 5.74) is 3.90. The highest BCUT2D eigenvalue weighted by atomic mass is 79.9. The van der Waals surface area contributed by atoms with Crippen LogP contribution in [0.25, 0.3) is 5.76 Å². The van der Waals surface area contributed by atoms with E-state index in [1.165, 1.54) is 4.90 Å². The predicted molar refractivity (Wildman–Crippen MR) is 123 cm³/mol. The lowest BCUT2D eigenvalue weighted by Gasteiger charge is -2.25. The summed E-state index contributed by atoms with van der Waals surface area (Å²) in [4.78, 5) is 27.8.